The van der Waals surface area contributed by atoms with Gasteiger partial charge in [0.15, 0.2) is 17.8 Å². The van der Waals surface area contributed by atoms with E-state index < -0.39 is 10.7 Å². The van der Waals surface area contributed by atoms with E-state index in [-0.39, 0.29) is 17.0 Å². The number of anilines is 1. The number of nitro benzene ring substituents is 1. The second-order valence-corrected chi connectivity index (χ2v) is 5.55. The van der Waals surface area contributed by atoms with Crippen LogP contribution in [0.25, 0.3) is 0 Å². The molecular weight excluding hydrogens is 304 g/mol. The third-order valence-corrected chi connectivity index (χ3v) is 4.33. The Morgan fingerprint density at radius 1 is 1.30 bits per heavy atom. The fraction of sp³-hybridized carbons (Fsp3) is 0.533. The summed E-state index contributed by atoms with van der Waals surface area (Å²) in [7, 11) is 1.37. The van der Waals surface area contributed by atoms with Crippen LogP contribution in [0.5, 0.6) is 5.75 Å². The van der Waals surface area contributed by atoms with E-state index in [2.05, 4.69) is 0 Å². The lowest BCUT2D eigenvalue weighted by Gasteiger charge is -2.39. The predicted molar refractivity (Wildman–Crippen MR) is 81.1 cm³/mol. The lowest BCUT2D eigenvalue weighted by molar-refractivity contribution is -0.385. The number of methoxy groups -OCH3 is 1. The van der Waals surface area contributed by atoms with Crippen LogP contribution in [0.2, 0.25) is 0 Å². The largest absolute Gasteiger partial charge is 0.490 e. The summed E-state index contributed by atoms with van der Waals surface area (Å²) < 4.78 is 16.5. The number of piperidine rings is 1. The van der Waals surface area contributed by atoms with Gasteiger partial charge in [-0.25, -0.2) is 0 Å². The molecule has 23 heavy (non-hydrogen) atoms. The molecule has 0 N–H and O–H groups in total. The highest BCUT2D eigenvalue weighted by molar-refractivity contribution is 5.87. The molecule has 3 rings (SSSR count). The molecule has 0 unspecified atom stereocenters. The quantitative estimate of drug-likeness (QED) is 0.474. The fourth-order valence-electron chi connectivity index (χ4n) is 3.12. The molecule has 124 valence electrons. The summed E-state index contributed by atoms with van der Waals surface area (Å²) in [6.45, 7) is 2.49. The molecule has 1 aromatic carbocycles. The van der Waals surface area contributed by atoms with E-state index in [0.29, 0.717) is 51.1 Å². The maximum Gasteiger partial charge on any atom is 0.311 e. The van der Waals surface area contributed by atoms with Crippen LogP contribution < -0.4 is 9.64 Å². The molecule has 8 heteroatoms. The number of benzene rings is 1. The van der Waals surface area contributed by atoms with Gasteiger partial charge in [0, 0.05) is 43.6 Å². The number of nitrogens with zero attached hydrogens (tertiary/aromatic N) is 2. The van der Waals surface area contributed by atoms with Crippen molar-refractivity contribution in [1.82, 2.24) is 0 Å². The van der Waals surface area contributed by atoms with Crippen LogP contribution in [-0.4, -0.2) is 50.4 Å². The standard InChI is InChI=1S/C15H18N2O6/c1-21-14-9-12(11(10-18)8-13(14)17(19)20)16-4-2-15(3-5-16)22-6-7-23-15/h8-10H,2-7H2,1H3. The normalized spacial score (nSPS) is 19.8. The van der Waals surface area contributed by atoms with Crippen LogP contribution in [0.1, 0.15) is 23.2 Å². The van der Waals surface area contributed by atoms with Crippen molar-refractivity contribution in [2.45, 2.75) is 18.6 Å². The van der Waals surface area contributed by atoms with Crippen LogP contribution in [0.3, 0.4) is 0 Å². The average molecular weight is 322 g/mol. The highest BCUT2D eigenvalue weighted by Gasteiger charge is 2.40. The van der Waals surface area contributed by atoms with Crippen molar-refractivity contribution < 1.29 is 23.9 Å². The van der Waals surface area contributed by atoms with Gasteiger partial charge in [-0.05, 0) is 0 Å². The van der Waals surface area contributed by atoms with E-state index >= 15 is 0 Å². The number of rotatable bonds is 4. The topological polar surface area (TPSA) is 91.1 Å². The van der Waals surface area contributed by atoms with E-state index in [0.717, 1.165) is 0 Å². The summed E-state index contributed by atoms with van der Waals surface area (Å²) in [5.41, 5.74) is 0.700. The monoisotopic (exact) mass is 322 g/mol. The Kier molecular flexibility index (Phi) is 4.18. The zero-order valence-electron chi connectivity index (χ0n) is 12.8. The molecule has 0 amide bonds. The van der Waals surface area contributed by atoms with Gasteiger partial charge < -0.3 is 19.1 Å². The summed E-state index contributed by atoms with van der Waals surface area (Å²) in [5.74, 6) is -0.368. The maximum atomic E-state index is 11.4. The first-order valence-corrected chi connectivity index (χ1v) is 7.43. The number of carbonyl (C=O) groups excluding carboxylic acids is 1. The van der Waals surface area contributed by atoms with E-state index in [9.17, 15) is 14.9 Å². The van der Waals surface area contributed by atoms with Crippen molar-refractivity contribution in [2.24, 2.45) is 0 Å². The van der Waals surface area contributed by atoms with Gasteiger partial charge in [-0.2, -0.15) is 0 Å². The Labute approximate surface area is 133 Å². The molecule has 0 bridgehead atoms. The van der Waals surface area contributed by atoms with Crippen LogP contribution in [0.4, 0.5) is 11.4 Å². The SMILES string of the molecule is COc1cc(N2CCC3(CC2)OCCO3)c(C=O)cc1[N+](=O)[O-]. The molecule has 2 aliphatic heterocycles. The van der Waals surface area contributed by atoms with E-state index in [1.54, 1.807) is 6.07 Å². The number of carbonyl (C=O) groups is 1. The van der Waals surface area contributed by atoms with Gasteiger partial charge in [-0.1, -0.05) is 0 Å². The Bertz CT molecular complexity index is 617. The number of ether oxygens (including phenoxy) is 3. The molecule has 2 aliphatic rings. The second kappa shape index (κ2) is 6.13. The predicted octanol–water partition coefficient (Wildman–Crippen LogP) is 1.76. The van der Waals surface area contributed by atoms with Gasteiger partial charge in [0.05, 0.1) is 30.9 Å². The minimum absolute atomic E-state index is 0.143. The summed E-state index contributed by atoms with van der Waals surface area (Å²) >= 11 is 0. The lowest BCUT2D eigenvalue weighted by Crippen LogP contribution is -2.45. The van der Waals surface area contributed by atoms with Crippen molar-refractivity contribution in [2.75, 3.05) is 38.3 Å². The molecule has 8 nitrogen and oxygen atoms in total. The highest BCUT2D eigenvalue weighted by Crippen LogP contribution is 2.38. The molecule has 2 saturated heterocycles. The first kappa shape index (κ1) is 15.7. The molecule has 0 aromatic heterocycles. The molecule has 1 aromatic rings. The zero-order valence-corrected chi connectivity index (χ0v) is 12.8. The van der Waals surface area contributed by atoms with Gasteiger partial charge in [0.1, 0.15) is 0 Å². The van der Waals surface area contributed by atoms with E-state index in [1.807, 2.05) is 4.90 Å². The Morgan fingerprint density at radius 2 is 1.96 bits per heavy atom. The number of aldehydes is 1. The molecule has 1 spiro atoms. The third kappa shape index (κ3) is 2.87. The minimum Gasteiger partial charge on any atom is -0.490 e. The average Bonchev–Trinajstić information content (AvgIpc) is 3.02. The van der Waals surface area contributed by atoms with Gasteiger partial charge in [-0.3, -0.25) is 14.9 Å². The molecule has 0 atom stereocenters. The first-order valence-electron chi connectivity index (χ1n) is 7.43. The van der Waals surface area contributed by atoms with Gasteiger partial charge in [0.2, 0.25) is 0 Å². The number of hydrogen-bond donors (Lipinski definition) is 0. The summed E-state index contributed by atoms with van der Waals surface area (Å²) in [4.78, 5) is 23.9. The van der Waals surface area contributed by atoms with E-state index in [4.69, 9.17) is 14.2 Å². The van der Waals surface area contributed by atoms with E-state index in [1.165, 1.54) is 13.2 Å². The third-order valence-electron chi connectivity index (χ3n) is 4.33. The fourth-order valence-corrected chi connectivity index (χ4v) is 3.12. The molecular formula is C15H18N2O6. The summed E-state index contributed by atoms with van der Waals surface area (Å²) in [6, 6.07) is 2.81. The van der Waals surface area contributed by atoms with Gasteiger partial charge in [0.25, 0.3) is 0 Å². The highest BCUT2D eigenvalue weighted by atomic mass is 16.7. The van der Waals surface area contributed by atoms with Gasteiger partial charge in [-0.15, -0.1) is 0 Å². The summed E-state index contributed by atoms with van der Waals surface area (Å²) in [5, 5.41) is 11.1. The Hall–Kier alpha value is -2.19. The molecule has 0 saturated carbocycles. The maximum absolute atomic E-state index is 11.4. The molecule has 0 radical (unpaired) electrons. The number of hydrogen-bond acceptors (Lipinski definition) is 7. The van der Waals surface area contributed by atoms with Crippen LogP contribution in [-0.2, 0) is 9.47 Å². The molecule has 2 fully saturated rings. The van der Waals surface area contributed by atoms with Crippen LogP contribution in [0.15, 0.2) is 12.1 Å². The van der Waals surface area contributed by atoms with Crippen molar-refractivity contribution in [3.8, 4) is 5.75 Å². The van der Waals surface area contributed by atoms with Crippen LogP contribution in [0, 0.1) is 10.1 Å². The Balaban J connectivity index is 1.87. The smallest absolute Gasteiger partial charge is 0.311 e. The van der Waals surface area contributed by atoms with Crippen molar-refractivity contribution in [1.29, 1.82) is 0 Å². The minimum atomic E-state index is -0.555. The molecule has 0 aliphatic carbocycles. The molecule has 2 heterocycles. The van der Waals surface area contributed by atoms with Crippen molar-refractivity contribution in [3.05, 3.63) is 27.8 Å². The Morgan fingerprint density at radius 3 is 2.48 bits per heavy atom. The van der Waals surface area contributed by atoms with Crippen molar-refractivity contribution >= 4 is 17.7 Å². The number of nitro groups is 1. The summed E-state index contributed by atoms with van der Waals surface area (Å²) in [6.07, 6.45) is 2.00. The second-order valence-electron chi connectivity index (χ2n) is 5.55. The van der Waals surface area contributed by atoms with Crippen molar-refractivity contribution in [3.63, 3.8) is 0 Å². The van der Waals surface area contributed by atoms with Gasteiger partial charge >= 0.3 is 5.69 Å². The van der Waals surface area contributed by atoms with Crippen LogP contribution >= 0.6 is 0 Å². The lowest BCUT2D eigenvalue weighted by atomic mass is 10.0. The zero-order chi connectivity index (χ0) is 16.4. The first-order chi connectivity index (χ1) is 11.1.